The number of thiophene rings is 1. The third-order valence-electron chi connectivity index (χ3n) is 2.71. The summed E-state index contributed by atoms with van der Waals surface area (Å²) in [5.41, 5.74) is 1.20. The van der Waals surface area contributed by atoms with E-state index in [0.29, 0.717) is 12.3 Å². The minimum absolute atomic E-state index is 0.0127. The van der Waals surface area contributed by atoms with Crippen LogP contribution in [0.1, 0.15) is 10.4 Å². The molecule has 0 bridgehead atoms. The Morgan fingerprint density at radius 1 is 1.53 bits per heavy atom. The van der Waals surface area contributed by atoms with E-state index in [2.05, 4.69) is 35.7 Å². The Labute approximate surface area is 120 Å². The second kappa shape index (κ2) is 6.16. The van der Waals surface area contributed by atoms with E-state index >= 15 is 0 Å². The van der Waals surface area contributed by atoms with E-state index in [1.807, 2.05) is 0 Å². The summed E-state index contributed by atoms with van der Waals surface area (Å²) in [6.45, 7) is 8.21. The number of amides is 1. The van der Waals surface area contributed by atoms with Gasteiger partial charge >= 0.3 is 0 Å². The van der Waals surface area contributed by atoms with E-state index in [9.17, 15) is 4.79 Å². The molecule has 1 N–H and O–H groups in total. The lowest BCUT2D eigenvalue weighted by Crippen LogP contribution is -2.24. The van der Waals surface area contributed by atoms with Gasteiger partial charge in [0.1, 0.15) is 16.2 Å². The normalized spacial score (nSPS) is 10.6. The molecular weight excluding hydrogens is 278 g/mol. The van der Waals surface area contributed by atoms with E-state index in [1.165, 1.54) is 22.2 Å². The van der Waals surface area contributed by atoms with Gasteiger partial charge in [-0.15, -0.1) is 17.9 Å². The van der Waals surface area contributed by atoms with Crippen molar-refractivity contribution in [3.63, 3.8) is 0 Å². The first kappa shape index (κ1) is 14.0. The smallest absolute Gasteiger partial charge is 0.230 e. The first-order chi connectivity index (χ1) is 9.13. The predicted octanol–water partition coefficient (Wildman–Crippen LogP) is 2.70. The Balaban J connectivity index is 2.17. The van der Waals surface area contributed by atoms with Gasteiger partial charge < -0.3 is 5.32 Å². The zero-order chi connectivity index (χ0) is 13.8. The summed E-state index contributed by atoms with van der Waals surface area (Å²) in [5, 5.41) is 4.70. The van der Waals surface area contributed by atoms with Crippen molar-refractivity contribution in [2.24, 2.45) is 0 Å². The van der Waals surface area contributed by atoms with Crippen molar-refractivity contribution in [2.75, 3.05) is 12.3 Å². The standard InChI is InChI=1S/C13H15N3OS2/c1-4-5-14-10(17)6-18-12-11-8(2)9(3)19-13(11)16-7-15-12/h4,7H,1,5-6H2,2-3H3,(H,14,17). The molecule has 0 aliphatic carbocycles. The molecule has 19 heavy (non-hydrogen) atoms. The molecule has 0 aliphatic rings. The topological polar surface area (TPSA) is 54.9 Å². The van der Waals surface area contributed by atoms with Gasteiger partial charge in [-0.2, -0.15) is 0 Å². The Morgan fingerprint density at radius 3 is 3.05 bits per heavy atom. The lowest BCUT2D eigenvalue weighted by atomic mass is 10.2. The van der Waals surface area contributed by atoms with Crippen LogP contribution in [0.4, 0.5) is 0 Å². The highest BCUT2D eigenvalue weighted by atomic mass is 32.2. The molecule has 0 spiro atoms. The van der Waals surface area contributed by atoms with E-state index in [4.69, 9.17) is 0 Å². The van der Waals surface area contributed by atoms with Crippen LogP contribution in [-0.2, 0) is 4.79 Å². The first-order valence-electron chi connectivity index (χ1n) is 5.84. The molecule has 0 aromatic carbocycles. The molecule has 0 aliphatic heterocycles. The number of nitrogens with one attached hydrogen (secondary N) is 1. The van der Waals surface area contributed by atoms with E-state index in [0.717, 1.165) is 15.2 Å². The third kappa shape index (κ3) is 3.13. The number of aryl methyl sites for hydroxylation is 2. The van der Waals surface area contributed by atoms with Crippen LogP contribution in [0.3, 0.4) is 0 Å². The van der Waals surface area contributed by atoms with Gasteiger partial charge in [-0.05, 0) is 19.4 Å². The van der Waals surface area contributed by atoms with E-state index in [-0.39, 0.29) is 5.91 Å². The molecule has 2 aromatic rings. The molecule has 0 fully saturated rings. The minimum Gasteiger partial charge on any atom is -0.352 e. The monoisotopic (exact) mass is 293 g/mol. The molecule has 0 radical (unpaired) electrons. The molecule has 100 valence electrons. The fourth-order valence-electron chi connectivity index (χ4n) is 1.63. The molecule has 1 amide bonds. The van der Waals surface area contributed by atoms with Gasteiger partial charge in [0.25, 0.3) is 0 Å². The van der Waals surface area contributed by atoms with Crippen LogP contribution in [0.5, 0.6) is 0 Å². The Kier molecular flexibility index (Phi) is 4.55. The van der Waals surface area contributed by atoms with Crippen LogP contribution in [0.15, 0.2) is 24.0 Å². The molecule has 0 unspecified atom stereocenters. The van der Waals surface area contributed by atoms with Crippen LogP contribution >= 0.6 is 23.1 Å². The average molecular weight is 293 g/mol. The minimum atomic E-state index is -0.0127. The zero-order valence-electron chi connectivity index (χ0n) is 10.9. The number of hydrogen-bond acceptors (Lipinski definition) is 5. The first-order valence-corrected chi connectivity index (χ1v) is 7.64. The molecule has 2 aromatic heterocycles. The third-order valence-corrected chi connectivity index (χ3v) is 4.82. The largest absolute Gasteiger partial charge is 0.352 e. The van der Waals surface area contributed by atoms with Crippen LogP contribution < -0.4 is 5.32 Å². The van der Waals surface area contributed by atoms with Crippen LogP contribution in [0.2, 0.25) is 0 Å². The maximum absolute atomic E-state index is 11.6. The summed E-state index contributed by atoms with van der Waals surface area (Å²) >= 11 is 3.11. The maximum atomic E-state index is 11.6. The number of carbonyl (C=O) groups is 1. The number of thioether (sulfide) groups is 1. The van der Waals surface area contributed by atoms with Gasteiger partial charge in [0.15, 0.2) is 0 Å². The van der Waals surface area contributed by atoms with Crippen LogP contribution in [-0.4, -0.2) is 28.2 Å². The second-order valence-corrected chi connectivity index (χ2v) is 6.19. The quantitative estimate of drug-likeness (QED) is 0.523. The van der Waals surface area contributed by atoms with Crippen molar-refractivity contribution >= 4 is 39.2 Å². The van der Waals surface area contributed by atoms with E-state index in [1.54, 1.807) is 23.7 Å². The number of nitrogens with zero attached hydrogens (tertiary/aromatic N) is 2. The summed E-state index contributed by atoms with van der Waals surface area (Å²) in [6.07, 6.45) is 3.22. The lowest BCUT2D eigenvalue weighted by Gasteiger charge is -2.03. The summed E-state index contributed by atoms with van der Waals surface area (Å²) in [7, 11) is 0. The molecule has 0 atom stereocenters. The van der Waals surface area contributed by atoms with E-state index < -0.39 is 0 Å². The molecule has 0 saturated heterocycles. The van der Waals surface area contributed by atoms with Gasteiger partial charge in [-0.25, -0.2) is 9.97 Å². The van der Waals surface area contributed by atoms with Crippen LogP contribution in [0.25, 0.3) is 10.2 Å². The predicted molar refractivity (Wildman–Crippen MR) is 80.8 cm³/mol. The van der Waals surface area contributed by atoms with Crippen molar-refractivity contribution in [3.8, 4) is 0 Å². The van der Waals surface area contributed by atoms with Gasteiger partial charge in [0.2, 0.25) is 5.91 Å². The molecule has 0 saturated carbocycles. The molecular formula is C13H15N3OS2. The summed E-state index contributed by atoms with van der Waals surface area (Å²) < 4.78 is 0. The van der Waals surface area contributed by atoms with Crippen molar-refractivity contribution in [1.29, 1.82) is 0 Å². The van der Waals surface area contributed by atoms with Crippen LogP contribution in [0, 0.1) is 13.8 Å². The Bertz CT molecular complexity index is 622. The van der Waals surface area contributed by atoms with Gasteiger partial charge in [-0.1, -0.05) is 17.8 Å². The Morgan fingerprint density at radius 2 is 2.32 bits per heavy atom. The zero-order valence-corrected chi connectivity index (χ0v) is 12.5. The molecule has 6 heteroatoms. The summed E-state index contributed by atoms with van der Waals surface area (Å²) in [6, 6.07) is 0. The fraction of sp³-hybridized carbons (Fsp3) is 0.308. The highest BCUT2D eigenvalue weighted by molar-refractivity contribution is 8.00. The maximum Gasteiger partial charge on any atom is 0.230 e. The highest BCUT2D eigenvalue weighted by Crippen LogP contribution is 2.34. The van der Waals surface area contributed by atoms with Crippen molar-refractivity contribution in [2.45, 2.75) is 18.9 Å². The number of aromatic nitrogens is 2. The molecule has 2 heterocycles. The fourth-order valence-corrected chi connectivity index (χ4v) is 3.58. The highest BCUT2D eigenvalue weighted by Gasteiger charge is 2.13. The molecule has 4 nitrogen and oxygen atoms in total. The van der Waals surface area contributed by atoms with Gasteiger partial charge in [0, 0.05) is 16.8 Å². The summed E-state index contributed by atoms with van der Waals surface area (Å²) in [5.74, 6) is 0.343. The summed E-state index contributed by atoms with van der Waals surface area (Å²) in [4.78, 5) is 22.4. The second-order valence-electron chi connectivity index (χ2n) is 4.02. The van der Waals surface area contributed by atoms with Gasteiger partial charge in [-0.3, -0.25) is 4.79 Å². The van der Waals surface area contributed by atoms with Crippen molar-refractivity contribution in [3.05, 3.63) is 29.4 Å². The molecule has 2 rings (SSSR count). The van der Waals surface area contributed by atoms with Crippen molar-refractivity contribution in [1.82, 2.24) is 15.3 Å². The average Bonchev–Trinajstić information content (AvgIpc) is 2.70. The Hall–Kier alpha value is -1.40. The lowest BCUT2D eigenvalue weighted by molar-refractivity contribution is -0.118. The van der Waals surface area contributed by atoms with Gasteiger partial charge in [0.05, 0.1) is 5.75 Å². The number of hydrogen-bond donors (Lipinski definition) is 1. The number of rotatable bonds is 5. The van der Waals surface area contributed by atoms with Crippen molar-refractivity contribution < 1.29 is 4.79 Å². The SMILES string of the molecule is C=CCNC(=O)CSc1ncnc2sc(C)c(C)c12. The number of fused-ring (bicyclic) bond motifs is 1. The number of carbonyl (C=O) groups excluding carboxylic acids is 1.